The number of anilines is 1. The molecule has 2 aromatic heterocycles. The zero-order chi connectivity index (χ0) is 27.2. The number of aromatic nitrogens is 4. The third-order valence-corrected chi connectivity index (χ3v) is 7.90. The van der Waals surface area contributed by atoms with Crippen LogP contribution in [0.25, 0.3) is 23.0 Å². The summed E-state index contributed by atoms with van der Waals surface area (Å²) in [6.07, 6.45) is -2.24. The number of hydrogen-bond donors (Lipinski definition) is 0. The molecule has 1 aliphatic heterocycles. The highest BCUT2D eigenvalue weighted by atomic mass is 19.4. The molecule has 0 spiro atoms. The molecule has 1 aliphatic carbocycles. The van der Waals surface area contributed by atoms with Crippen LogP contribution in [0, 0.1) is 24.2 Å². The topological polar surface area (TPSA) is 83.8 Å². The van der Waals surface area contributed by atoms with Crippen LogP contribution in [0.4, 0.5) is 18.9 Å². The minimum Gasteiger partial charge on any atom is -0.371 e. The number of hydrogen-bond acceptors (Lipinski definition) is 6. The molecule has 2 aliphatic rings. The van der Waals surface area contributed by atoms with Gasteiger partial charge < -0.3 is 9.42 Å². The molecule has 1 saturated carbocycles. The lowest BCUT2D eigenvalue weighted by molar-refractivity contribution is -0.160. The van der Waals surface area contributed by atoms with E-state index in [9.17, 15) is 13.2 Å². The third-order valence-electron chi connectivity index (χ3n) is 7.90. The molecule has 2 fully saturated rings. The zero-order valence-electron chi connectivity index (χ0n) is 21.4. The van der Waals surface area contributed by atoms with Gasteiger partial charge in [-0.15, -0.1) is 0 Å². The summed E-state index contributed by atoms with van der Waals surface area (Å²) in [5.41, 5.74) is 2.84. The number of halogens is 3. The van der Waals surface area contributed by atoms with Crippen LogP contribution in [-0.2, 0) is 12.0 Å². The van der Waals surface area contributed by atoms with E-state index in [2.05, 4.69) is 44.4 Å². The summed E-state index contributed by atoms with van der Waals surface area (Å²) >= 11 is 0. The van der Waals surface area contributed by atoms with Crippen LogP contribution in [-0.4, -0.2) is 39.2 Å². The zero-order valence-corrected chi connectivity index (χ0v) is 21.4. The van der Waals surface area contributed by atoms with Crippen LogP contribution in [0.2, 0.25) is 0 Å². The molecule has 0 bridgehead atoms. The summed E-state index contributed by atoms with van der Waals surface area (Å²) in [4.78, 5) is 6.77. The monoisotopic (exact) mass is 532 g/mol. The highest BCUT2D eigenvalue weighted by Crippen LogP contribution is 2.58. The number of nitrogens with zero attached hydrogens (tertiary/aromatic N) is 6. The molecule has 39 heavy (non-hydrogen) atoms. The van der Waals surface area contributed by atoms with Crippen LogP contribution < -0.4 is 4.90 Å². The minimum absolute atomic E-state index is 0.121. The van der Waals surface area contributed by atoms with Gasteiger partial charge in [0.25, 0.3) is 5.89 Å². The Morgan fingerprint density at radius 1 is 1.08 bits per heavy atom. The van der Waals surface area contributed by atoms with Crippen molar-refractivity contribution in [2.24, 2.45) is 5.92 Å². The summed E-state index contributed by atoms with van der Waals surface area (Å²) in [7, 11) is 0. The van der Waals surface area contributed by atoms with Gasteiger partial charge in [-0.05, 0) is 61.9 Å². The predicted molar refractivity (Wildman–Crippen MR) is 139 cm³/mol. The molecule has 0 amide bonds. The maximum Gasteiger partial charge on any atom is 0.398 e. The van der Waals surface area contributed by atoms with E-state index in [1.807, 2.05) is 23.7 Å². The van der Waals surface area contributed by atoms with Crippen LogP contribution in [0.5, 0.6) is 0 Å². The average molecular weight is 533 g/mol. The lowest BCUT2D eigenvalue weighted by Gasteiger charge is -2.31. The third kappa shape index (κ3) is 4.78. The lowest BCUT2D eigenvalue weighted by Crippen LogP contribution is -2.33. The van der Waals surface area contributed by atoms with Gasteiger partial charge >= 0.3 is 6.18 Å². The van der Waals surface area contributed by atoms with Crippen molar-refractivity contribution >= 4 is 5.69 Å². The number of piperidine rings is 1. The van der Waals surface area contributed by atoms with E-state index in [1.54, 1.807) is 12.1 Å². The maximum absolute atomic E-state index is 13.4. The smallest absolute Gasteiger partial charge is 0.371 e. The van der Waals surface area contributed by atoms with Crippen molar-refractivity contribution in [2.75, 3.05) is 18.0 Å². The number of rotatable bonds is 6. The molecular weight excluding hydrogens is 505 g/mol. The molecule has 0 N–H and O–H groups in total. The van der Waals surface area contributed by atoms with Crippen molar-refractivity contribution in [3.63, 3.8) is 0 Å². The quantitative estimate of drug-likeness (QED) is 0.290. The first-order valence-electron chi connectivity index (χ1n) is 13.1. The Balaban J connectivity index is 1.16. The molecule has 1 saturated heterocycles. The predicted octanol–water partition coefficient (Wildman–Crippen LogP) is 6.29. The van der Waals surface area contributed by atoms with Crippen LogP contribution in [0.15, 0.2) is 59.1 Å². The Bertz CT molecular complexity index is 1520. The molecule has 0 unspecified atom stereocenters. The van der Waals surface area contributed by atoms with Crippen molar-refractivity contribution in [3.05, 3.63) is 71.4 Å². The molecule has 6 rings (SSSR count). The molecule has 0 atom stereocenters. The van der Waals surface area contributed by atoms with Gasteiger partial charge in [-0.1, -0.05) is 41.6 Å². The summed E-state index contributed by atoms with van der Waals surface area (Å²) in [5.74, 6) is 0.691. The second-order valence-electron chi connectivity index (χ2n) is 10.5. The van der Waals surface area contributed by atoms with Crippen molar-refractivity contribution in [3.8, 4) is 29.0 Å². The number of benzene rings is 2. The molecule has 10 heteroatoms. The first-order valence-corrected chi connectivity index (χ1v) is 13.1. The molecule has 4 aromatic rings. The Kier molecular flexibility index (Phi) is 6.17. The van der Waals surface area contributed by atoms with E-state index in [0.29, 0.717) is 23.6 Å². The molecular formula is C29H27F3N6O. The largest absolute Gasteiger partial charge is 0.398 e. The highest BCUT2D eigenvalue weighted by molar-refractivity contribution is 5.59. The number of alkyl halides is 3. The first kappa shape index (κ1) is 25.2. The minimum atomic E-state index is -4.25. The highest BCUT2D eigenvalue weighted by Gasteiger charge is 2.64. The number of nitriles is 1. The van der Waals surface area contributed by atoms with Gasteiger partial charge in [-0.25, -0.2) is 0 Å². The van der Waals surface area contributed by atoms with Gasteiger partial charge in [0.15, 0.2) is 5.69 Å². The fraction of sp³-hybridized carbons (Fsp3) is 0.379. The van der Waals surface area contributed by atoms with Gasteiger partial charge in [0.05, 0.1) is 18.0 Å². The molecule has 3 heterocycles. The van der Waals surface area contributed by atoms with Crippen LogP contribution in [0.3, 0.4) is 0 Å². The Morgan fingerprint density at radius 2 is 1.82 bits per heavy atom. The summed E-state index contributed by atoms with van der Waals surface area (Å²) < 4.78 is 47.6. The van der Waals surface area contributed by atoms with E-state index in [0.717, 1.165) is 42.9 Å². The van der Waals surface area contributed by atoms with E-state index >= 15 is 0 Å². The second-order valence-corrected chi connectivity index (χ2v) is 10.5. The molecule has 7 nitrogen and oxygen atoms in total. The van der Waals surface area contributed by atoms with Gasteiger partial charge in [-0.3, -0.25) is 4.68 Å². The average Bonchev–Trinajstić information content (AvgIpc) is 3.50. The first-order chi connectivity index (χ1) is 18.8. The van der Waals surface area contributed by atoms with Crippen LogP contribution >= 0.6 is 0 Å². The maximum atomic E-state index is 13.4. The van der Waals surface area contributed by atoms with Gasteiger partial charge in [0.1, 0.15) is 0 Å². The fourth-order valence-corrected chi connectivity index (χ4v) is 5.31. The number of aryl methyl sites for hydroxylation is 1. The lowest BCUT2D eigenvalue weighted by atomic mass is 9.94. The Morgan fingerprint density at radius 3 is 2.49 bits per heavy atom. The van der Waals surface area contributed by atoms with E-state index in [-0.39, 0.29) is 30.2 Å². The Labute approximate surface area is 223 Å². The van der Waals surface area contributed by atoms with Crippen molar-refractivity contribution in [2.45, 2.75) is 50.7 Å². The normalized spacial score (nSPS) is 17.3. The standard InChI is InChI=1S/C29H27F3N6O/c1-19-15-25(35-38(19)18-21-3-2-4-24(16-21)37-13-9-20(17-33)10-14-37)27-34-26(36-39-27)22-5-7-23(8-6-22)28(11-12-28)29(30,31)32/h2-8,15-16,20H,9-14,18H2,1H3. The van der Waals surface area contributed by atoms with Crippen molar-refractivity contribution in [1.29, 1.82) is 5.26 Å². The van der Waals surface area contributed by atoms with Crippen LogP contribution in [0.1, 0.15) is 42.5 Å². The van der Waals surface area contributed by atoms with E-state index in [1.165, 1.54) is 12.1 Å². The summed E-state index contributed by atoms with van der Waals surface area (Å²) in [5, 5.41) is 17.9. The van der Waals surface area contributed by atoms with Crippen molar-refractivity contribution < 1.29 is 17.7 Å². The SMILES string of the molecule is Cc1cc(-c2nc(-c3ccc(C4(C(F)(F)F)CC4)cc3)no2)nn1Cc1cccc(N2CCC(C#N)CC2)c1. The van der Waals surface area contributed by atoms with Gasteiger partial charge in [0.2, 0.25) is 5.82 Å². The molecule has 200 valence electrons. The second kappa shape index (κ2) is 9.56. The van der Waals surface area contributed by atoms with Gasteiger partial charge in [0, 0.05) is 36.0 Å². The molecule has 2 aromatic carbocycles. The summed E-state index contributed by atoms with van der Waals surface area (Å²) in [6.45, 7) is 4.27. The van der Waals surface area contributed by atoms with Gasteiger partial charge in [-0.2, -0.15) is 28.5 Å². The Hall–Kier alpha value is -4.13. The molecule has 0 radical (unpaired) electrons. The summed E-state index contributed by atoms with van der Waals surface area (Å²) in [6, 6.07) is 18.8. The van der Waals surface area contributed by atoms with Crippen molar-refractivity contribution in [1.82, 2.24) is 19.9 Å². The fourth-order valence-electron chi connectivity index (χ4n) is 5.31. The van der Waals surface area contributed by atoms with E-state index in [4.69, 9.17) is 9.78 Å². The van der Waals surface area contributed by atoms with E-state index < -0.39 is 11.6 Å².